The lowest BCUT2D eigenvalue weighted by Crippen LogP contribution is -1.88. The van der Waals surface area contributed by atoms with Crippen molar-refractivity contribution >= 4 is 47.0 Å². The summed E-state index contributed by atoms with van der Waals surface area (Å²) in [5.41, 5.74) is 0. The van der Waals surface area contributed by atoms with Crippen molar-refractivity contribution in [1.82, 2.24) is 0 Å². The molecule has 0 amide bonds. The molecule has 4 heteroatoms. The summed E-state index contributed by atoms with van der Waals surface area (Å²) < 4.78 is 0. The summed E-state index contributed by atoms with van der Waals surface area (Å²) in [6.45, 7) is 6.85. The lowest BCUT2D eigenvalue weighted by Gasteiger charge is -2.03. The second-order valence-corrected chi connectivity index (χ2v) is 13.8. The maximum atomic E-state index is 2.29. The number of rotatable bonds is 27. The Hall–Kier alpha value is 1.40. The van der Waals surface area contributed by atoms with E-state index in [0.717, 1.165) is 0 Å². The van der Waals surface area contributed by atoms with E-state index in [9.17, 15) is 0 Å². The van der Waals surface area contributed by atoms with Gasteiger partial charge in [0.25, 0.3) is 0 Å². The Kier molecular flexibility index (Phi) is 42.0. The molecule has 0 aromatic carbocycles. The maximum Gasteiger partial charge on any atom is -0.00672 e. The molecule has 0 fully saturated rings. The summed E-state index contributed by atoms with van der Waals surface area (Å²) in [5, 5.41) is 0. The molecule has 0 aliphatic rings. The van der Waals surface area contributed by atoms with Crippen LogP contribution in [0.25, 0.3) is 0 Å². The van der Waals surface area contributed by atoms with Crippen LogP contribution in [0.4, 0.5) is 0 Å². The van der Waals surface area contributed by atoms with Crippen molar-refractivity contribution in [2.75, 3.05) is 46.5 Å². The summed E-state index contributed by atoms with van der Waals surface area (Å²) in [6.07, 6.45) is 27.9. The Morgan fingerprint density at radius 2 is 0.576 bits per heavy atom. The molecule has 0 radical (unpaired) electrons. The van der Waals surface area contributed by atoms with E-state index in [-0.39, 0.29) is 0 Å². The highest BCUT2D eigenvalue weighted by molar-refractivity contribution is 7.99. The zero-order valence-corrected chi connectivity index (χ0v) is 26.6. The van der Waals surface area contributed by atoms with Gasteiger partial charge in [0.1, 0.15) is 0 Å². The maximum absolute atomic E-state index is 2.29. The van der Waals surface area contributed by atoms with Crippen molar-refractivity contribution in [2.45, 2.75) is 136 Å². The van der Waals surface area contributed by atoms with Crippen molar-refractivity contribution < 1.29 is 0 Å². The van der Waals surface area contributed by atoms with Crippen LogP contribution in [0.3, 0.4) is 0 Å². The van der Waals surface area contributed by atoms with E-state index in [1.807, 2.05) is 11.8 Å². The van der Waals surface area contributed by atoms with E-state index in [0.29, 0.717) is 0 Å². The molecule has 0 saturated carbocycles. The van der Waals surface area contributed by atoms with Gasteiger partial charge in [0, 0.05) is 0 Å². The molecule has 0 atom stereocenters. The number of unbranched alkanes of at least 4 members (excludes halogenated alkanes) is 13. The molecule has 0 nitrogen and oxygen atoms in total. The van der Waals surface area contributed by atoms with Crippen molar-refractivity contribution in [2.24, 2.45) is 0 Å². The lowest BCUT2D eigenvalue weighted by molar-refractivity contribution is 0.627. The normalized spacial score (nSPS) is 10.9. The number of thioether (sulfide) groups is 4. The molecule has 0 heterocycles. The van der Waals surface area contributed by atoms with E-state index in [4.69, 9.17) is 0 Å². The highest BCUT2D eigenvalue weighted by Crippen LogP contribution is 2.14. The van der Waals surface area contributed by atoms with E-state index in [1.165, 1.54) is 156 Å². The zero-order chi connectivity index (χ0) is 24.5. The summed E-state index contributed by atoms with van der Waals surface area (Å²) >= 11 is 8.45. The molecule has 0 bridgehead atoms. The third-order valence-corrected chi connectivity index (χ3v) is 9.80. The second kappa shape index (κ2) is 37.9. The Bertz CT molecular complexity index is 271. The predicted octanol–water partition coefficient (Wildman–Crippen LogP) is 11.6. The first-order valence-corrected chi connectivity index (χ1v) is 19.4. The third kappa shape index (κ3) is 40.8. The van der Waals surface area contributed by atoms with Crippen LogP contribution in [-0.2, 0) is 0 Å². The van der Waals surface area contributed by atoms with Crippen molar-refractivity contribution in [1.29, 1.82) is 0 Å². The van der Waals surface area contributed by atoms with Gasteiger partial charge >= 0.3 is 0 Å². The summed E-state index contributed by atoms with van der Waals surface area (Å²) in [5.74, 6) is 9.68. The first-order chi connectivity index (χ1) is 16.3. The number of hydrogen-bond donors (Lipinski definition) is 0. The topological polar surface area (TPSA) is 0 Å². The average molecular weight is 539 g/mol. The lowest BCUT2D eigenvalue weighted by atomic mass is 10.1. The van der Waals surface area contributed by atoms with Crippen LogP contribution in [0.5, 0.6) is 0 Å². The molecule has 0 N–H and O–H groups in total. The Labute approximate surface area is 228 Å². The van der Waals surface area contributed by atoms with Crippen LogP contribution in [0.2, 0.25) is 0 Å². The summed E-state index contributed by atoms with van der Waals surface area (Å²) in [4.78, 5) is 0. The Morgan fingerprint density at radius 1 is 0.303 bits per heavy atom. The molecule has 0 spiro atoms. The van der Waals surface area contributed by atoms with Crippen LogP contribution in [0.1, 0.15) is 136 Å². The molecule has 0 unspecified atom stereocenters. The SMILES string of the molecule is CCCCCCCCSCCCCSC.CCCCCCCCSCCCCSCCCC. The first-order valence-electron chi connectivity index (χ1n) is 14.6. The van der Waals surface area contributed by atoms with Gasteiger partial charge in [0.05, 0.1) is 0 Å². The first kappa shape index (κ1) is 36.6. The fourth-order valence-electron chi connectivity index (χ4n) is 3.38. The highest BCUT2D eigenvalue weighted by atomic mass is 32.2. The van der Waals surface area contributed by atoms with Crippen molar-refractivity contribution in [3.63, 3.8) is 0 Å². The number of hydrogen-bond acceptors (Lipinski definition) is 4. The quantitative estimate of drug-likeness (QED) is 0.0953. The van der Waals surface area contributed by atoms with Crippen LogP contribution in [0, 0.1) is 0 Å². The monoisotopic (exact) mass is 538 g/mol. The minimum absolute atomic E-state index is 1.34. The molecule has 202 valence electrons. The van der Waals surface area contributed by atoms with Gasteiger partial charge in [-0.3, -0.25) is 0 Å². The molecule has 0 aromatic heterocycles. The van der Waals surface area contributed by atoms with Gasteiger partial charge in [0.2, 0.25) is 0 Å². The second-order valence-electron chi connectivity index (χ2n) is 9.13. The highest BCUT2D eigenvalue weighted by Gasteiger charge is 1.94. The van der Waals surface area contributed by atoms with E-state index in [1.54, 1.807) is 0 Å². The molecular weight excluding hydrogens is 477 g/mol. The van der Waals surface area contributed by atoms with Crippen LogP contribution >= 0.6 is 47.0 Å². The molecule has 0 saturated heterocycles. The van der Waals surface area contributed by atoms with Crippen LogP contribution in [-0.4, -0.2) is 46.5 Å². The van der Waals surface area contributed by atoms with Crippen LogP contribution < -0.4 is 0 Å². The van der Waals surface area contributed by atoms with Crippen LogP contribution in [0.15, 0.2) is 0 Å². The fourth-order valence-corrected chi connectivity index (χ4v) is 7.02. The molecule has 33 heavy (non-hydrogen) atoms. The largest absolute Gasteiger partial charge is 0.165 e. The standard InChI is InChI=1S/C16H34S2.C13H28S2/c1-3-5-7-8-9-10-14-18-16-12-11-15-17-13-6-4-2;1-3-4-5-6-7-8-12-15-13-10-9-11-14-2/h3-16H2,1-2H3;3-13H2,1-2H3. The minimum atomic E-state index is 1.34. The fraction of sp³-hybridized carbons (Fsp3) is 1.00. The third-order valence-electron chi connectivity index (χ3n) is 5.64. The molecule has 0 aliphatic heterocycles. The minimum Gasteiger partial charge on any atom is -0.165 e. The zero-order valence-electron chi connectivity index (χ0n) is 23.3. The summed E-state index contributed by atoms with van der Waals surface area (Å²) in [6, 6.07) is 0. The molecular formula is C29H62S4. The van der Waals surface area contributed by atoms with Gasteiger partial charge in [-0.1, -0.05) is 91.4 Å². The van der Waals surface area contributed by atoms with E-state index >= 15 is 0 Å². The van der Waals surface area contributed by atoms with Gasteiger partial charge in [-0.15, -0.1) is 0 Å². The average Bonchev–Trinajstić information content (AvgIpc) is 2.83. The molecule has 0 rings (SSSR count). The Morgan fingerprint density at radius 3 is 0.939 bits per heavy atom. The van der Waals surface area contributed by atoms with E-state index in [2.05, 4.69) is 62.3 Å². The molecule has 0 aromatic rings. The predicted molar refractivity (Wildman–Crippen MR) is 170 cm³/mol. The van der Waals surface area contributed by atoms with Gasteiger partial charge in [-0.05, 0) is 91.5 Å². The van der Waals surface area contributed by atoms with Crippen molar-refractivity contribution in [3.05, 3.63) is 0 Å². The molecule has 0 aliphatic carbocycles. The van der Waals surface area contributed by atoms with Gasteiger partial charge in [-0.2, -0.15) is 47.0 Å². The van der Waals surface area contributed by atoms with E-state index < -0.39 is 0 Å². The smallest absolute Gasteiger partial charge is 0.00672 e. The van der Waals surface area contributed by atoms with Crippen molar-refractivity contribution in [3.8, 4) is 0 Å². The van der Waals surface area contributed by atoms with Gasteiger partial charge in [-0.25, -0.2) is 0 Å². The summed E-state index contributed by atoms with van der Waals surface area (Å²) in [7, 11) is 0. The van der Waals surface area contributed by atoms with Gasteiger partial charge in [0.15, 0.2) is 0 Å². The van der Waals surface area contributed by atoms with Gasteiger partial charge < -0.3 is 0 Å². The Balaban J connectivity index is 0.